The van der Waals surface area contributed by atoms with Crippen molar-refractivity contribution in [3.8, 4) is 11.4 Å². The summed E-state index contributed by atoms with van der Waals surface area (Å²) in [5.74, 6) is -0.0954. The van der Waals surface area contributed by atoms with Crippen LogP contribution in [0.5, 0.6) is 0 Å². The number of thiophene rings is 1. The molecule has 3 heterocycles. The minimum Gasteiger partial charge on any atom is -0.347 e. The lowest BCUT2D eigenvalue weighted by molar-refractivity contribution is 0.0951. The molecule has 0 radical (unpaired) electrons. The highest BCUT2D eigenvalue weighted by Crippen LogP contribution is 2.26. The Morgan fingerprint density at radius 3 is 3.04 bits per heavy atom. The SMILES string of the molecule is Cn1cncc1-c1n[nH]c2cc(C(=O)NCc3cccs3)ccc12. The molecule has 0 fully saturated rings. The zero-order valence-electron chi connectivity index (χ0n) is 13.0. The van der Waals surface area contributed by atoms with E-state index in [1.165, 1.54) is 0 Å². The fraction of sp³-hybridized carbons (Fsp3) is 0.118. The van der Waals surface area contributed by atoms with E-state index in [4.69, 9.17) is 0 Å². The number of nitrogens with one attached hydrogen (secondary N) is 2. The molecule has 7 heteroatoms. The Morgan fingerprint density at radius 2 is 2.29 bits per heavy atom. The number of H-pyrrole nitrogens is 1. The van der Waals surface area contributed by atoms with Crippen LogP contribution in [0, 0.1) is 0 Å². The average Bonchev–Trinajstić information content (AvgIpc) is 3.32. The molecular formula is C17H15N5OS. The van der Waals surface area contributed by atoms with E-state index in [-0.39, 0.29) is 5.91 Å². The molecule has 0 aliphatic carbocycles. The van der Waals surface area contributed by atoms with Crippen LogP contribution in [0.2, 0.25) is 0 Å². The summed E-state index contributed by atoms with van der Waals surface area (Å²) in [6, 6.07) is 9.54. The number of amides is 1. The number of hydrogen-bond acceptors (Lipinski definition) is 4. The number of aromatic nitrogens is 4. The van der Waals surface area contributed by atoms with Gasteiger partial charge in [-0.3, -0.25) is 9.89 Å². The van der Waals surface area contributed by atoms with Gasteiger partial charge in [-0.2, -0.15) is 5.10 Å². The number of benzene rings is 1. The van der Waals surface area contributed by atoms with Gasteiger partial charge in [0, 0.05) is 22.9 Å². The monoisotopic (exact) mass is 337 g/mol. The second-order valence-electron chi connectivity index (χ2n) is 5.48. The molecule has 24 heavy (non-hydrogen) atoms. The summed E-state index contributed by atoms with van der Waals surface area (Å²) in [5, 5.41) is 13.3. The minimum atomic E-state index is -0.0954. The Balaban J connectivity index is 1.60. The zero-order chi connectivity index (χ0) is 16.5. The van der Waals surface area contributed by atoms with E-state index in [2.05, 4.69) is 20.5 Å². The first kappa shape index (κ1) is 14.6. The normalized spacial score (nSPS) is 11.0. The van der Waals surface area contributed by atoms with Crippen LogP contribution in [0.15, 0.2) is 48.2 Å². The van der Waals surface area contributed by atoms with Gasteiger partial charge in [0.05, 0.1) is 30.3 Å². The second kappa shape index (κ2) is 5.93. The predicted octanol–water partition coefficient (Wildman–Crippen LogP) is 2.95. The number of nitrogens with zero attached hydrogens (tertiary/aromatic N) is 3. The third-order valence-corrected chi connectivity index (χ3v) is 4.76. The zero-order valence-corrected chi connectivity index (χ0v) is 13.8. The maximum absolute atomic E-state index is 12.3. The molecule has 4 aromatic rings. The number of hydrogen-bond donors (Lipinski definition) is 2. The van der Waals surface area contributed by atoms with Gasteiger partial charge in [0.1, 0.15) is 5.69 Å². The molecule has 0 spiro atoms. The Hall–Kier alpha value is -2.93. The Labute approximate surface area is 142 Å². The molecule has 0 unspecified atom stereocenters. The van der Waals surface area contributed by atoms with Gasteiger partial charge in [0.2, 0.25) is 0 Å². The molecule has 0 aliphatic rings. The first-order chi connectivity index (χ1) is 11.7. The third kappa shape index (κ3) is 2.59. The van der Waals surface area contributed by atoms with Crippen LogP contribution >= 0.6 is 11.3 Å². The topological polar surface area (TPSA) is 75.6 Å². The molecule has 0 saturated carbocycles. The van der Waals surface area contributed by atoms with E-state index < -0.39 is 0 Å². The van der Waals surface area contributed by atoms with Gasteiger partial charge < -0.3 is 9.88 Å². The molecule has 120 valence electrons. The number of carbonyl (C=O) groups is 1. The number of carbonyl (C=O) groups excluding carboxylic acids is 1. The molecule has 0 aliphatic heterocycles. The van der Waals surface area contributed by atoms with Crippen molar-refractivity contribution < 1.29 is 4.79 Å². The highest BCUT2D eigenvalue weighted by atomic mass is 32.1. The maximum atomic E-state index is 12.3. The molecule has 0 bridgehead atoms. The molecule has 4 rings (SSSR count). The van der Waals surface area contributed by atoms with Crippen LogP contribution in [0.25, 0.3) is 22.3 Å². The number of fused-ring (bicyclic) bond motifs is 1. The fourth-order valence-corrected chi connectivity index (χ4v) is 3.27. The van der Waals surface area contributed by atoms with Gasteiger partial charge >= 0.3 is 0 Å². The summed E-state index contributed by atoms with van der Waals surface area (Å²) in [6.07, 6.45) is 3.51. The number of rotatable bonds is 4. The molecule has 6 nitrogen and oxygen atoms in total. The summed E-state index contributed by atoms with van der Waals surface area (Å²) < 4.78 is 1.91. The second-order valence-corrected chi connectivity index (χ2v) is 6.52. The van der Waals surface area contributed by atoms with Crippen molar-refractivity contribution in [2.75, 3.05) is 0 Å². The summed E-state index contributed by atoms with van der Waals surface area (Å²) in [4.78, 5) is 17.6. The average molecular weight is 337 g/mol. The maximum Gasteiger partial charge on any atom is 0.251 e. The third-order valence-electron chi connectivity index (χ3n) is 3.89. The van der Waals surface area contributed by atoms with E-state index in [0.717, 1.165) is 27.2 Å². The summed E-state index contributed by atoms with van der Waals surface area (Å²) >= 11 is 1.63. The quantitative estimate of drug-likeness (QED) is 0.601. The van der Waals surface area contributed by atoms with Gasteiger partial charge in [-0.1, -0.05) is 6.07 Å². The van der Waals surface area contributed by atoms with Crippen molar-refractivity contribution in [2.45, 2.75) is 6.54 Å². The van der Waals surface area contributed by atoms with Crippen molar-refractivity contribution in [2.24, 2.45) is 7.05 Å². The Bertz CT molecular complexity index is 999. The fourth-order valence-electron chi connectivity index (χ4n) is 2.62. The van der Waals surface area contributed by atoms with Crippen molar-refractivity contribution in [1.29, 1.82) is 0 Å². The minimum absolute atomic E-state index is 0.0954. The van der Waals surface area contributed by atoms with Gasteiger partial charge in [-0.15, -0.1) is 11.3 Å². The van der Waals surface area contributed by atoms with Gasteiger partial charge in [-0.25, -0.2) is 4.98 Å². The van der Waals surface area contributed by atoms with Crippen LogP contribution in [-0.2, 0) is 13.6 Å². The van der Waals surface area contributed by atoms with Crippen molar-refractivity contribution in [3.05, 3.63) is 58.7 Å². The first-order valence-electron chi connectivity index (χ1n) is 7.48. The Kier molecular flexibility index (Phi) is 3.62. The van der Waals surface area contributed by atoms with Crippen LogP contribution in [-0.4, -0.2) is 25.7 Å². The summed E-state index contributed by atoms with van der Waals surface area (Å²) in [7, 11) is 1.93. The number of aromatic amines is 1. The molecule has 0 saturated heterocycles. The lowest BCUT2D eigenvalue weighted by atomic mass is 10.1. The highest BCUT2D eigenvalue weighted by Gasteiger charge is 2.13. The number of aryl methyl sites for hydroxylation is 1. The van der Waals surface area contributed by atoms with Gasteiger partial charge in [0.15, 0.2) is 0 Å². The van der Waals surface area contributed by atoms with Crippen molar-refractivity contribution in [1.82, 2.24) is 25.1 Å². The number of imidazole rings is 1. The lowest BCUT2D eigenvalue weighted by Gasteiger charge is -2.04. The lowest BCUT2D eigenvalue weighted by Crippen LogP contribution is -2.22. The van der Waals surface area contributed by atoms with Crippen LogP contribution in [0.1, 0.15) is 15.2 Å². The van der Waals surface area contributed by atoms with Gasteiger partial charge in [0.25, 0.3) is 5.91 Å². The van der Waals surface area contributed by atoms with Crippen molar-refractivity contribution in [3.63, 3.8) is 0 Å². The van der Waals surface area contributed by atoms with E-state index >= 15 is 0 Å². The van der Waals surface area contributed by atoms with Crippen LogP contribution < -0.4 is 5.32 Å². The molecule has 0 atom stereocenters. The molecule has 1 amide bonds. The molecule has 1 aromatic carbocycles. The molecule has 2 N–H and O–H groups in total. The standard InChI is InChI=1S/C17H15N5OS/c1-22-10-18-9-15(22)16-13-5-4-11(7-14(13)20-21-16)17(23)19-8-12-3-2-6-24-12/h2-7,9-10H,8H2,1H3,(H,19,23)(H,20,21). The Morgan fingerprint density at radius 1 is 1.38 bits per heavy atom. The largest absolute Gasteiger partial charge is 0.347 e. The van der Waals surface area contributed by atoms with E-state index in [9.17, 15) is 4.79 Å². The molecule has 3 aromatic heterocycles. The summed E-state index contributed by atoms with van der Waals surface area (Å²) in [6.45, 7) is 0.539. The first-order valence-corrected chi connectivity index (χ1v) is 8.36. The van der Waals surface area contributed by atoms with E-state index in [1.54, 1.807) is 23.9 Å². The van der Waals surface area contributed by atoms with Crippen molar-refractivity contribution >= 4 is 28.1 Å². The van der Waals surface area contributed by atoms with Gasteiger partial charge in [-0.05, 0) is 29.6 Å². The smallest absolute Gasteiger partial charge is 0.251 e. The van der Waals surface area contributed by atoms with E-state index in [0.29, 0.717) is 12.1 Å². The van der Waals surface area contributed by atoms with E-state index in [1.807, 2.05) is 47.3 Å². The van der Waals surface area contributed by atoms with Crippen LogP contribution in [0.3, 0.4) is 0 Å². The predicted molar refractivity (Wildman–Crippen MR) is 93.8 cm³/mol. The molecular weight excluding hydrogens is 322 g/mol. The van der Waals surface area contributed by atoms with Crippen LogP contribution in [0.4, 0.5) is 0 Å². The summed E-state index contributed by atoms with van der Waals surface area (Å²) in [5.41, 5.74) is 3.20. The highest BCUT2D eigenvalue weighted by molar-refractivity contribution is 7.09.